The Morgan fingerprint density at radius 3 is 2.42 bits per heavy atom. The fraction of sp³-hybridized carbons (Fsp3) is 0.600. The molecule has 0 amide bonds. The predicted molar refractivity (Wildman–Crippen MR) is 74.2 cm³/mol. The predicted octanol–water partition coefficient (Wildman–Crippen LogP) is 2.91. The Morgan fingerprint density at radius 1 is 1.26 bits per heavy atom. The molecule has 2 rings (SSSR count). The first-order chi connectivity index (χ1) is 9.10. The highest BCUT2D eigenvalue weighted by Crippen LogP contribution is 2.41. The van der Waals surface area contributed by atoms with Crippen molar-refractivity contribution in [2.24, 2.45) is 0 Å². The lowest BCUT2D eigenvalue weighted by Gasteiger charge is -2.41. The van der Waals surface area contributed by atoms with E-state index < -0.39 is 18.0 Å². The van der Waals surface area contributed by atoms with Crippen LogP contribution < -0.4 is 4.74 Å². The van der Waals surface area contributed by atoms with E-state index in [2.05, 4.69) is 0 Å². The van der Waals surface area contributed by atoms with Gasteiger partial charge >= 0.3 is 0 Å². The van der Waals surface area contributed by atoms with Gasteiger partial charge in [0.1, 0.15) is 5.75 Å². The van der Waals surface area contributed by atoms with Gasteiger partial charge in [0, 0.05) is 26.2 Å². The lowest BCUT2D eigenvalue weighted by atomic mass is 9.89. The molecule has 4 nitrogen and oxygen atoms in total. The lowest BCUT2D eigenvalue weighted by Crippen LogP contribution is -2.50. The molecule has 0 aromatic heterocycles. The van der Waals surface area contributed by atoms with Gasteiger partial charge < -0.3 is 19.3 Å². The number of fused-ring (bicyclic) bond motifs is 1. The number of ether oxygens (including phenoxy) is 3. The van der Waals surface area contributed by atoms with Gasteiger partial charge in [0.2, 0.25) is 0 Å². The molecule has 2 atom stereocenters. The molecule has 1 aromatic carbocycles. The Balaban J connectivity index is 0.000000861. The smallest absolute Gasteiger partial charge is 0.196 e. The highest BCUT2D eigenvalue weighted by Gasteiger charge is 2.43. The summed E-state index contributed by atoms with van der Waals surface area (Å²) >= 11 is 0. The molecular formula is C15H24O4. The molecule has 0 unspecified atom stereocenters. The minimum Gasteiger partial charge on any atom is -0.482 e. The first kappa shape index (κ1) is 16.0. The van der Waals surface area contributed by atoms with Crippen LogP contribution in [0.3, 0.4) is 0 Å². The second-order valence-electron chi connectivity index (χ2n) is 4.48. The van der Waals surface area contributed by atoms with E-state index in [1.165, 1.54) is 0 Å². The Morgan fingerprint density at radius 2 is 1.84 bits per heavy atom. The summed E-state index contributed by atoms with van der Waals surface area (Å²) < 4.78 is 16.4. The molecule has 0 bridgehead atoms. The molecule has 1 aromatic rings. The fourth-order valence-corrected chi connectivity index (χ4v) is 2.37. The Hall–Kier alpha value is -1.10. The molecule has 1 aliphatic rings. The third kappa shape index (κ3) is 3.26. The molecule has 1 N–H and O–H groups in total. The van der Waals surface area contributed by atoms with Crippen LogP contribution in [0.2, 0.25) is 0 Å². The SMILES string of the molecule is CC.COC(OC)[C@@]1(C)C[C@@H](O)c2ccccc2O1. The number of aliphatic hydroxyl groups is 1. The van der Waals surface area contributed by atoms with E-state index >= 15 is 0 Å². The molecule has 0 radical (unpaired) electrons. The highest BCUT2D eigenvalue weighted by atomic mass is 16.7. The van der Waals surface area contributed by atoms with E-state index in [1.807, 2.05) is 45.0 Å². The zero-order valence-electron chi connectivity index (χ0n) is 12.3. The van der Waals surface area contributed by atoms with Crippen molar-refractivity contribution >= 4 is 0 Å². The van der Waals surface area contributed by atoms with Crippen LogP contribution in [-0.2, 0) is 9.47 Å². The summed E-state index contributed by atoms with van der Waals surface area (Å²) in [6.07, 6.45) is -0.626. The lowest BCUT2D eigenvalue weighted by molar-refractivity contribution is -0.212. The van der Waals surface area contributed by atoms with Gasteiger partial charge in [-0.2, -0.15) is 0 Å². The van der Waals surface area contributed by atoms with E-state index in [-0.39, 0.29) is 0 Å². The molecule has 108 valence electrons. The van der Waals surface area contributed by atoms with Crippen LogP contribution in [0.1, 0.15) is 38.9 Å². The van der Waals surface area contributed by atoms with Gasteiger partial charge in [-0.1, -0.05) is 32.0 Å². The molecule has 0 saturated carbocycles. The molecule has 0 spiro atoms. The molecule has 0 aliphatic carbocycles. The fourth-order valence-electron chi connectivity index (χ4n) is 2.37. The molecule has 19 heavy (non-hydrogen) atoms. The van der Waals surface area contributed by atoms with Crippen LogP contribution in [0.25, 0.3) is 0 Å². The summed E-state index contributed by atoms with van der Waals surface area (Å²) in [6.45, 7) is 5.88. The second kappa shape index (κ2) is 6.89. The quantitative estimate of drug-likeness (QED) is 0.856. The zero-order valence-corrected chi connectivity index (χ0v) is 12.3. The van der Waals surface area contributed by atoms with Gasteiger partial charge in [-0.25, -0.2) is 0 Å². The molecule has 4 heteroatoms. The van der Waals surface area contributed by atoms with Crippen LogP contribution in [0.15, 0.2) is 24.3 Å². The van der Waals surface area contributed by atoms with Gasteiger partial charge in [-0.05, 0) is 13.0 Å². The molecule has 1 aliphatic heterocycles. The third-order valence-corrected chi connectivity index (χ3v) is 3.15. The van der Waals surface area contributed by atoms with Gasteiger partial charge in [-0.3, -0.25) is 0 Å². The standard InChI is InChI=1S/C13H18O4.C2H6/c1-13(12(15-2)16-3)8-10(14)9-6-4-5-7-11(9)17-13;1-2/h4-7,10,12,14H,8H2,1-3H3;1-2H3/t10-,13-;/m1./s1. The summed E-state index contributed by atoms with van der Waals surface area (Å²) in [4.78, 5) is 0. The molecular weight excluding hydrogens is 244 g/mol. The number of aliphatic hydroxyl groups excluding tert-OH is 1. The van der Waals surface area contributed by atoms with Gasteiger partial charge in [-0.15, -0.1) is 0 Å². The number of rotatable bonds is 3. The van der Waals surface area contributed by atoms with Crippen molar-refractivity contribution in [2.75, 3.05) is 14.2 Å². The van der Waals surface area contributed by atoms with Crippen molar-refractivity contribution in [1.82, 2.24) is 0 Å². The number of para-hydroxylation sites is 1. The Bertz CT molecular complexity index is 389. The maximum absolute atomic E-state index is 10.1. The minimum absolute atomic E-state index is 0.441. The van der Waals surface area contributed by atoms with Crippen molar-refractivity contribution in [3.8, 4) is 5.75 Å². The summed E-state index contributed by atoms with van der Waals surface area (Å²) in [5.74, 6) is 0.688. The van der Waals surface area contributed by atoms with Crippen molar-refractivity contribution in [3.63, 3.8) is 0 Å². The van der Waals surface area contributed by atoms with Crippen LogP contribution >= 0.6 is 0 Å². The molecule has 1 heterocycles. The second-order valence-corrected chi connectivity index (χ2v) is 4.48. The van der Waals surface area contributed by atoms with E-state index in [4.69, 9.17) is 14.2 Å². The van der Waals surface area contributed by atoms with Gasteiger partial charge in [0.25, 0.3) is 0 Å². The third-order valence-electron chi connectivity index (χ3n) is 3.15. The topological polar surface area (TPSA) is 47.9 Å². The Kier molecular flexibility index (Phi) is 5.79. The van der Waals surface area contributed by atoms with E-state index in [1.54, 1.807) is 14.2 Å². The average molecular weight is 268 g/mol. The van der Waals surface area contributed by atoms with E-state index in [9.17, 15) is 5.11 Å². The van der Waals surface area contributed by atoms with E-state index in [0.717, 1.165) is 5.56 Å². The van der Waals surface area contributed by atoms with Crippen molar-refractivity contribution in [2.45, 2.75) is 45.2 Å². The monoisotopic (exact) mass is 268 g/mol. The van der Waals surface area contributed by atoms with Crippen molar-refractivity contribution < 1.29 is 19.3 Å². The normalized spacial score (nSPS) is 25.1. The number of hydrogen-bond donors (Lipinski definition) is 1. The minimum atomic E-state index is -0.683. The largest absolute Gasteiger partial charge is 0.482 e. The molecule has 0 fully saturated rings. The van der Waals surface area contributed by atoms with Crippen LogP contribution in [-0.4, -0.2) is 31.2 Å². The summed E-state index contributed by atoms with van der Waals surface area (Å²) in [5, 5.41) is 10.1. The van der Waals surface area contributed by atoms with Crippen molar-refractivity contribution in [1.29, 1.82) is 0 Å². The highest BCUT2D eigenvalue weighted by molar-refractivity contribution is 5.37. The van der Waals surface area contributed by atoms with Gasteiger partial charge in [0.15, 0.2) is 11.9 Å². The first-order valence-corrected chi connectivity index (χ1v) is 6.62. The number of methoxy groups -OCH3 is 2. The number of hydrogen-bond acceptors (Lipinski definition) is 4. The summed E-state index contributed by atoms with van der Waals surface area (Å²) in [6, 6.07) is 7.48. The summed E-state index contributed by atoms with van der Waals surface area (Å²) in [5.41, 5.74) is 0.132. The van der Waals surface area contributed by atoms with Crippen LogP contribution in [0.5, 0.6) is 5.75 Å². The Labute approximate surface area is 115 Å². The van der Waals surface area contributed by atoms with Crippen LogP contribution in [0.4, 0.5) is 0 Å². The molecule has 0 saturated heterocycles. The van der Waals surface area contributed by atoms with E-state index in [0.29, 0.717) is 12.2 Å². The average Bonchev–Trinajstić information content (AvgIpc) is 2.42. The number of benzene rings is 1. The van der Waals surface area contributed by atoms with Crippen molar-refractivity contribution in [3.05, 3.63) is 29.8 Å². The summed E-state index contributed by atoms with van der Waals surface area (Å²) in [7, 11) is 3.13. The van der Waals surface area contributed by atoms with Gasteiger partial charge in [0.05, 0.1) is 6.10 Å². The maximum atomic E-state index is 10.1. The first-order valence-electron chi connectivity index (χ1n) is 6.62. The zero-order chi connectivity index (χ0) is 14.5. The van der Waals surface area contributed by atoms with Crippen LogP contribution in [0, 0.1) is 0 Å². The maximum Gasteiger partial charge on any atom is 0.196 e.